The number of carbonyl (C=O) groups excluding carboxylic acids is 1. The Bertz CT molecular complexity index is 359. The molecular formula is C9H13N3OS2. The maximum Gasteiger partial charge on any atom is 0.232 e. The summed E-state index contributed by atoms with van der Waals surface area (Å²) in [6, 6.07) is 0. The van der Waals surface area contributed by atoms with Crippen LogP contribution < -0.4 is 11.1 Å². The monoisotopic (exact) mass is 243 g/mol. The molecule has 4 nitrogen and oxygen atoms in total. The highest BCUT2D eigenvalue weighted by Crippen LogP contribution is 2.16. The van der Waals surface area contributed by atoms with Crippen LogP contribution in [-0.4, -0.2) is 15.9 Å². The Morgan fingerprint density at radius 1 is 1.73 bits per heavy atom. The fraction of sp³-hybridized carbons (Fsp3) is 0.444. The second-order valence-electron chi connectivity index (χ2n) is 3.64. The number of nitrogens with two attached hydrogens (primary N) is 1. The highest BCUT2D eigenvalue weighted by molar-refractivity contribution is 7.80. The fourth-order valence-corrected chi connectivity index (χ4v) is 1.46. The van der Waals surface area contributed by atoms with Crippen LogP contribution in [0.4, 0.5) is 0 Å². The Balaban J connectivity index is 2.53. The van der Waals surface area contributed by atoms with Crippen molar-refractivity contribution in [3.05, 3.63) is 16.6 Å². The second kappa shape index (κ2) is 4.67. The Labute approximate surface area is 97.9 Å². The highest BCUT2D eigenvalue weighted by atomic mass is 32.1. The number of aromatic nitrogens is 1. The molecule has 15 heavy (non-hydrogen) atoms. The minimum atomic E-state index is -0.806. The minimum Gasteiger partial charge on any atom is -0.392 e. The van der Waals surface area contributed by atoms with Crippen LogP contribution in [-0.2, 0) is 11.3 Å². The van der Waals surface area contributed by atoms with E-state index in [-0.39, 0.29) is 10.9 Å². The Morgan fingerprint density at radius 3 is 2.87 bits per heavy atom. The molecule has 3 N–H and O–H groups in total. The third-order valence-corrected chi connectivity index (χ3v) is 3.38. The molecule has 82 valence electrons. The van der Waals surface area contributed by atoms with Gasteiger partial charge in [-0.2, -0.15) is 0 Å². The van der Waals surface area contributed by atoms with Crippen molar-refractivity contribution in [3.8, 4) is 0 Å². The third-order valence-electron chi connectivity index (χ3n) is 2.09. The van der Waals surface area contributed by atoms with Crippen LogP contribution in [0.5, 0.6) is 0 Å². The van der Waals surface area contributed by atoms with Crippen molar-refractivity contribution in [1.29, 1.82) is 0 Å². The van der Waals surface area contributed by atoms with E-state index in [0.717, 1.165) is 4.88 Å². The number of rotatable bonds is 4. The van der Waals surface area contributed by atoms with Gasteiger partial charge in [0.05, 0.1) is 22.5 Å². The lowest BCUT2D eigenvalue weighted by atomic mass is 9.92. The molecule has 1 heterocycles. The summed E-state index contributed by atoms with van der Waals surface area (Å²) in [7, 11) is 0. The summed E-state index contributed by atoms with van der Waals surface area (Å²) >= 11 is 6.32. The van der Waals surface area contributed by atoms with E-state index < -0.39 is 5.41 Å². The van der Waals surface area contributed by atoms with Crippen LogP contribution in [0.2, 0.25) is 0 Å². The van der Waals surface area contributed by atoms with Gasteiger partial charge in [0.1, 0.15) is 0 Å². The Hall–Kier alpha value is -1.01. The van der Waals surface area contributed by atoms with Crippen molar-refractivity contribution in [2.24, 2.45) is 11.1 Å². The van der Waals surface area contributed by atoms with E-state index in [1.54, 1.807) is 25.6 Å². The molecule has 1 rings (SSSR count). The summed E-state index contributed by atoms with van der Waals surface area (Å²) < 4.78 is 0. The largest absolute Gasteiger partial charge is 0.392 e. The number of thiazole rings is 1. The molecule has 1 amide bonds. The van der Waals surface area contributed by atoms with Crippen LogP contribution in [0.1, 0.15) is 18.7 Å². The number of nitrogens with zero attached hydrogens (tertiary/aromatic N) is 1. The number of amides is 1. The lowest BCUT2D eigenvalue weighted by molar-refractivity contribution is -0.126. The zero-order chi connectivity index (χ0) is 11.5. The van der Waals surface area contributed by atoms with Gasteiger partial charge in [0.25, 0.3) is 0 Å². The minimum absolute atomic E-state index is 0.164. The molecule has 0 atom stereocenters. The summed E-state index contributed by atoms with van der Waals surface area (Å²) in [5.74, 6) is -0.164. The first-order valence-electron chi connectivity index (χ1n) is 4.40. The first kappa shape index (κ1) is 12.1. The first-order chi connectivity index (χ1) is 6.94. The molecule has 1 aromatic rings. The van der Waals surface area contributed by atoms with E-state index >= 15 is 0 Å². The lowest BCUT2D eigenvalue weighted by Crippen LogP contribution is -2.44. The van der Waals surface area contributed by atoms with E-state index in [4.69, 9.17) is 18.0 Å². The van der Waals surface area contributed by atoms with Crippen molar-refractivity contribution in [1.82, 2.24) is 10.3 Å². The maximum absolute atomic E-state index is 11.7. The van der Waals surface area contributed by atoms with E-state index in [9.17, 15) is 4.79 Å². The van der Waals surface area contributed by atoms with Crippen molar-refractivity contribution < 1.29 is 4.79 Å². The number of hydrogen-bond donors (Lipinski definition) is 2. The molecule has 6 heteroatoms. The van der Waals surface area contributed by atoms with E-state index in [1.165, 1.54) is 11.3 Å². The molecule has 0 bridgehead atoms. The number of nitrogens with one attached hydrogen (secondary N) is 1. The summed E-state index contributed by atoms with van der Waals surface area (Å²) in [5.41, 5.74) is 6.40. The summed E-state index contributed by atoms with van der Waals surface area (Å²) in [6.07, 6.45) is 1.72. The van der Waals surface area contributed by atoms with E-state index in [0.29, 0.717) is 6.54 Å². The van der Waals surface area contributed by atoms with Crippen LogP contribution in [0, 0.1) is 5.41 Å². The first-order valence-corrected chi connectivity index (χ1v) is 5.69. The standard InChI is InChI=1S/C9H13N3OS2/c1-9(2,7(10)14)8(13)12-4-6-3-11-5-15-6/h3,5H,4H2,1-2H3,(H2,10,14)(H,12,13). The van der Waals surface area contributed by atoms with Gasteiger partial charge in [0.2, 0.25) is 5.91 Å². The van der Waals surface area contributed by atoms with Gasteiger partial charge in [-0.1, -0.05) is 12.2 Å². The second-order valence-corrected chi connectivity index (χ2v) is 5.05. The molecule has 0 aliphatic heterocycles. The van der Waals surface area contributed by atoms with Crippen molar-refractivity contribution >= 4 is 34.5 Å². The molecule has 0 aromatic carbocycles. The zero-order valence-corrected chi connectivity index (χ0v) is 10.2. The molecule has 0 saturated heterocycles. The van der Waals surface area contributed by atoms with Crippen LogP contribution in [0.3, 0.4) is 0 Å². The molecule has 0 aliphatic rings. The van der Waals surface area contributed by atoms with Gasteiger partial charge in [-0.05, 0) is 13.8 Å². The molecule has 0 spiro atoms. The van der Waals surface area contributed by atoms with Gasteiger partial charge >= 0.3 is 0 Å². The smallest absolute Gasteiger partial charge is 0.232 e. The predicted octanol–water partition coefficient (Wildman–Crippen LogP) is 1.07. The number of hydrogen-bond acceptors (Lipinski definition) is 4. The number of carbonyl (C=O) groups is 1. The van der Waals surface area contributed by atoms with Gasteiger partial charge in [0, 0.05) is 11.1 Å². The van der Waals surface area contributed by atoms with Crippen LogP contribution in [0.25, 0.3) is 0 Å². The predicted molar refractivity (Wildman–Crippen MR) is 64.5 cm³/mol. The maximum atomic E-state index is 11.7. The highest BCUT2D eigenvalue weighted by Gasteiger charge is 2.30. The summed E-state index contributed by atoms with van der Waals surface area (Å²) in [5, 5.41) is 2.77. The van der Waals surface area contributed by atoms with Crippen molar-refractivity contribution in [3.63, 3.8) is 0 Å². The molecular weight excluding hydrogens is 230 g/mol. The topological polar surface area (TPSA) is 68.0 Å². The average molecular weight is 243 g/mol. The molecule has 0 fully saturated rings. The van der Waals surface area contributed by atoms with Crippen LogP contribution in [0.15, 0.2) is 11.7 Å². The lowest BCUT2D eigenvalue weighted by Gasteiger charge is -2.21. The fourth-order valence-electron chi connectivity index (χ4n) is 0.830. The summed E-state index contributed by atoms with van der Waals surface area (Å²) in [4.78, 5) is 16.8. The van der Waals surface area contributed by atoms with Crippen molar-refractivity contribution in [2.45, 2.75) is 20.4 Å². The van der Waals surface area contributed by atoms with Gasteiger partial charge in [-0.15, -0.1) is 11.3 Å². The van der Waals surface area contributed by atoms with Gasteiger partial charge in [0.15, 0.2) is 0 Å². The Kier molecular flexibility index (Phi) is 3.76. The number of thiocarbonyl (C=S) groups is 1. The Morgan fingerprint density at radius 2 is 2.40 bits per heavy atom. The third kappa shape index (κ3) is 2.97. The molecule has 1 aromatic heterocycles. The van der Waals surface area contributed by atoms with Crippen molar-refractivity contribution in [2.75, 3.05) is 0 Å². The van der Waals surface area contributed by atoms with Gasteiger partial charge in [-0.3, -0.25) is 9.78 Å². The van der Waals surface area contributed by atoms with Gasteiger partial charge < -0.3 is 11.1 Å². The average Bonchev–Trinajstić information content (AvgIpc) is 2.66. The molecule has 0 saturated carbocycles. The SMILES string of the molecule is CC(C)(C(=O)NCc1cncs1)C(N)=S. The van der Waals surface area contributed by atoms with Gasteiger partial charge in [-0.25, -0.2) is 0 Å². The quantitative estimate of drug-likeness (QED) is 0.776. The van der Waals surface area contributed by atoms with E-state index in [1.807, 2.05) is 0 Å². The zero-order valence-electron chi connectivity index (χ0n) is 8.61. The normalized spacial score (nSPS) is 11.1. The molecule has 0 unspecified atom stereocenters. The molecule has 0 aliphatic carbocycles. The summed E-state index contributed by atoms with van der Waals surface area (Å²) in [6.45, 7) is 3.88. The van der Waals surface area contributed by atoms with Crippen LogP contribution >= 0.6 is 23.6 Å². The molecule has 0 radical (unpaired) electrons. The van der Waals surface area contributed by atoms with E-state index in [2.05, 4.69) is 10.3 Å².